The van der Waals surface area contributed by atoms with E-state index in [4.69, 9.17) is 4.74 Å². The number of aliphatic hydroxyl groups excluding tert-OH is 1. The molecule has 2 rings (SSSR count). The van der Waals surface area contributed by atoms with Crippen LogP contribution in [0.3, 0.4) is 0 Å². The molecule has 1 aliphatic carbocycles. The summed E-state index contributed by atoms with van der Waals surface area (Å²) in [5, 5.41) is 10.5. The summed E-state index contributed by atoms with van der Waals surface area (Å²) in [6.07, 6.45) is 1.08. The van der Waals surface area contributed by atoms with Gasteiger partial charge in [0.2, 0.25) is 0 Å². The molecular formula is C17H20O3. The predicted molar refractivity (Wildman–Crippen MR) is 78.3 cm³/mol. The molecule has 0 fully saturated rings. The van der Waals surface area contributed by atoms with Crippen LogP contribution in [0.1, 0.15) is 32.3 Å². The summed E-state index contributed by atoms with van der Waals surface area (Å²) in [5.41, 5.74) is 3.27. The number of hydrogen-bond donors (Lipinski definition) is 1. The minimum Gasteiger partial charge on any atom is -0.463 e. The van der Waals surface area contributed by atoms with Crippen LogP contribution >= 0.6 is 0 Å². The summed E-state index contributed by atoms with van der Waals surface area (Å²) in [6, 6.07) is 9.58. The van der Waals surface area contributed by atoms with Crippen LogP contribution in [0.5, 0.6) is 0 Å². The molecule has 0 aliphatic heterocycles. The number of esters is 1. The van der Waals surface area contributed by atoms with Crippen LogP contribution in [0.25, 0.3) is 0 Å². The Morgan fingerprint density at radius 3 is 2.45 bits per heavy atom. The highest BCUT2D eigenvalue weighted by molar-refractivity contribution is 5.92. The lowest BCUT2D eigenvalue weighted by Gasteiger charge is -2.19. The van der Waals surface area contributed by atoms with Gasteiger partial charge in [0.15, 0.2) is 0 Å². The number of hydrogen-bond acceptors (Lipinski definition) is 3. The second-order valence-corrected chi connectivity index (χ2v) is 5.11. The van der Waals surface area contributed by atoms with Crippen LogP contribution in [-0.2, 0) is 9.53 Å². The van der Waals surface area contributed by atoms with Crippen molar-refractivity contribution in [3.05, 3.63) is 58.7 Å². The number of carbonyl (C=O) groups is 1. The topological polar surface area (TPSA) is 46.5 Å². The van der Waals surface area contributed by atoms with Gasteiger partial charge < -0.3 is 9.84 Å². The molecule has 0 bridgehead atoms. The Morgan fingerprint density at radius 2 is 1.90 bits per heavy atom. The third-order valence-electron chi connectivity index (χ3n) is 3.53. The SMILES string of the molecule is CCOC(=O)C1=CC(=C(C)C)[C@H](O)[C@@H]1c1ccccc1. The normalized spacial score (nSPS) is 21.6. The largest absolute Gasteiger partial charge is 0.463 e. The van der Waals surface area contributed by atoms with E-state index < -0.39 is 6.10 Å². The van der Waals surface area contributed by atoms with Gasteiger partial charge in [-0.05, 0) is 38.0 Å². The molecule has 0 aromatic heterocycles. The van der Waals surface area contributed by atoms with Crippen molar-refractivity contribution < 1.29 is 14.6 Å². The van der Waals surface area contributed by atoms with E-state index in [1.165, 1.54) is 0 Å². The van der Waals surface area contributed by atoms with Gasteiger partial charge in [0.25, 0.3) is 0 Å². The predicted octanol–water partition coefficient (Wildman–Crippen LogP) is 2.97. The van der Waals surface area contributed by atoms with Gasteiger partial charge in [0.1, 0.15) is 0 Å². The molecule has 0 amide bonds. The van der Waals surface area contributed by atoms with Gasteiger partial charge >= 0.3 is 5.97 Å². The van der Waals surface area contributed by atoms with Gasteiger partial charge in [-0.15, -0.1) is 0 Å². The highest BCUT2D eigenvalue weighted by Gasteiger charge is 2.37. The smallest absolute Gasteiger partial charge is 0.334 e. The quantitative estimate of drug-likeness (QED) is 0.860. The lowest BCUT2D eigenvalue weighted by atomic mass is 9.89. The van der Waals surface area contributed by atoms with Crippen LogP contribution < -0.4 is 0 Å². The second kappa shape index (κ2) is 6.06. The van der Waals surface area contributed by atoms with E-state index in [1.807, 2.05) is 44.2 Å². The molecule has 1 aromatic rings. The molecular weight excluding hydrogens is 252 g/mol. The molecule has 0 radical (unpaired) electrons. The summed E-state index contributed by atoms with van der Waals surface area (Å²) >= 11 is 0. The molecule has 1 N–H and O–H groups in total. The van der Waals surface area contributed by atoms with Crippen LogP contribution in [0.15, 0.2) is 53.1 Å². The van der Waals surface area contributed by atoms with Gasteiger partial charge in [-0.2, -0.15) is 0 Å². The van der Waals surface area contributed by atoms with Crippen molar-refractivity contribution in [3.63, 3.8) is 0 Å². The zero-order valence-electron chi connectivity index (χ0n) is 12.1. The van der Waals surface area contributed by atoms with Crippen LogP contribution in [0.2, 0.25) is 0 Å². The standard InChI is InChI=1S/C17H20O3/c1-4-20-17(19)14-10-13(11(2)3)16(18)15(14)12-8-6-5-7-9-12/h5-10,15-16,18H,4H2,1-3H3/t15-,16+/m1/s1. The molecule has 1 aliphatic rings. The molecule has 0 spiro atoms. The lowest BCUT2D eigenvalue weighted by Crippen LogP contribution is -2.21. The van der Waals surface area contributed by atoms with Crippen molar-refractivity contribution in [2.45, 2.75) is 32.8 Å². The van der Waals surface area contributed by atoms with Crippen LogP contribution in [0, 0.1) is 0 Å². The summed E-state index contributed by atoms with van der Waals surface area (Å²) < 4.78 is 5.11. The van der Waals surface area contributed by atoms with E-state index >= 15 is 0 Å². The van der Waals surface area contributed by atoms with Gasteiger partial charge in [-0.1, -0.05) is 35.9 Å². The molecule has 1 aromatic carbocycles. The molecule has 106 valence electrons. The number of aliphatic hydroxyl groups is 1. The van der Waals surface area contributed by atoms with Crippen molar-refractivity contribution in [1.82, 2.24) is 0 Å². The highest BCUT2D eigenvalue weighted by Crippen LogP contribution is 2.40. The third-order valence-corrected chi connectivity index (χ3v) is 3.53. The van der Waals surface area contributed by atoms with Crippen LogP contribution in [0.4, 0.5) is 0 Å². The maximum atomic E-state index is 12.1. The maximum Gasteiger partial charge on any atom is 0.334 e. The highest BCUT2D eigenvalue weighted by atomic mass is 16.5. The maximum absolute atomic E-state index is 12.1. The Balaban J connectivity index is 2.46. The number of carbonyl (C=O) groups excluding carboxylic acids is 1. The Bertz CT molecular complexity index is 551. The fourth-order valence-electron chi connectivity index (χ4n) is 2.55. The number of allylic oxidation sites excluding steroid dienone is 1. The van der Waals surface area contributed by atoms with Gasteiger partial charge in [-0.3, -0.25) is 0 Å². The molecule has 0 heterocycles. The summed E-state index contributed by atoms with van der Waals surface area (Å²) in [7, 11) is 0. The summed E-state index contributed by atoms with van der Waals surface area (Å²) in [5.74, 6) is -0.697. The molecule has 20 heavy (non-hydrogen) atoms. The average molecular weight is 272 g/mol. The van der Waals surface area contributed by atoms with E-state index in [9.17, 15) is 9.90 Å². The molecule has 2 atom stereocenters. The van der Waals surface area contributed by atoms with Crippen molar-refractivity contribution in [2.24, 2.45) is 0 Å². The van der Waals surface area contributed by atoms with E-state index in [0.717, 1.165) is 16.7 Å². The first-order valence-corrected chi connectivity index (χ1v) is 6.85. The zero-order chi connectivity index (χ0) is 14.7. The Morgan fingerprint density at radius 1 is 1.25 bits per heavy atom. The summed E-state index contributed by atoms with van der Waals surface area (Å²) in [4.78, 5) is 12.1. The minimum absolute atomic E-state index is 0.331. The van der Waals surface area contributed by atoms with Crippen LogP contribution in [-0.4, -0.2) is 23.8 Å². The molecule has 3 heteroatoms. The van der Waals surface area contributed by atoms with E-state index in [2.05, 4.69) is 0 Å². The summed E-state index contributed by atoms with van der Waals surface area (Å²) in [6.45, 7) is 5.98. The number of benzene rings is 1. The van der Waals surface area contributed by atoms with Gasteiger partial charge in [0, 0.05) is 11.5 Å². The van der Waals surface area contributed by atoms with E-state index in [-0.39, 0.29) is 11.9 Å². The third kappa shape index (κ3) is 2.68. The average Bonchev–Trinajstić information content (AvgIpc) is 2.78. The fraction of sp³-hybridized carbons (Fsp3) is 0.353. The Hall–Kier alpha value is -1.87. The van der Waals surface area contributed by atoms with E-state index in [1.54, 1.807) is 13.0 Å². The Labute approximate surface area is 119 Å². The van der Waals surface area contributed by atoms with Crippen molar-refractivity contribution in [3.8, 4) is 0 Å². The zero-order valence-corrected chi connectivity index (χ0v) is 12.1. The first-order valence-electron chi connectivity index (χ1n) is 6.85. The molecule has 0 saturated heterocycles. The second-order valence-electron chi connectivity index (χ2n) is 5.11. The monoisotopic (exact) mass is 272 g/mol. The fourth-order valence-corrected chi connectivity index (χ4v) is 2.55. The van der Waals surface area contributed by atoms with E-state index in [0.29, 0.717) is 12.2 Å². The molecule has 0 saturated carbocycles. The van der Waals surface area contributed by atoms with Gasteiger partial charge in [0.05, 0.1) is 12.7 Å². The number of rotatable bonds is 3. The van der Waals surface area contributed by atoms with Gasteiger partial charge in [-0.25, -0.2) is 4.79 Å². The Kier molecular flexibility index (Phi) is 4.40. The number of ether oxygens (including phenoxy) is 1. The lowest BCUT2D eigenvalue weighted by molar-refractivity contribution is -0.139. The van der Waals surface area contributed by atoms with Crippen molar-refractivity contribution in [1.29, 1.82) is 0 Å². The molecule has 3 nitrogen and oxygen atoms in total. The van der Waals surface area contributed by atoms with Crippen molar-refractivity contribution >= 4 is 5.97 Å². The molecule has 0 unspecified atom stereocenters. The first kappa shape index (κ1) is 14.5. The minimum atomic E-state index is -0.693. The van der Waals surface area contributed by atoms with Crippen molar-refractivity contribution in [2.75, 3.05) is 6.61 Å². The first-order chi connectivity index (χ1) is 9.56.